The SMILES string of the molecule is O=C1CC/C=C\[C@H]2O[C@]34C=CCN(c5ccc(Cl)cc5)C(=O)[C@H]3N(CCO)C(=O)[C@@H]4[C@H]2C(=O)O[C@H](c2ccccc2)CN1. The monoisotopic (exact) mass is 605 g/mol. The van der Waals surface area contributed by atoms with Gasteiger partial charge in [0.25, 0.3) is 5.91 Å². The van der Waals surface area contributed by atoms with E-state index in [1.807, 2.05) is 18.2 Å². The number of rotatable bonds is 4. The van der Waals surface area contributed by atoms with E-state index in [2.05, 4.69) is 5.32 Å². The van der Waals surface area contributed by atoms with Gasteiger partial charge in [0.2, 0.25) is 11.8 Å². The van der Waals surface area contributed by atoms with E-state index in [1.165, 1.54) is 9.80 Å². The van der Waals surface area contributed by atoms with Gasteiger partial charge in [-0.05, 0) is 36.2 Å². The van der Waals surface area contributed by atoms with E-state index in [0.29, 0.717) is 22.7 Å². The lowest BCUT2D eigenvalue weighted by molar-refractivity contribution is -0.159. The summed E-state index contributed by atoms with van der Waals surface area (Å²) in [5, 5.41) is 13.3. The van der Waals surface area contributed by atoms with Crippen LogP contribution in [0, 0.1) is 11.8 Å². The third kappa shape index (κ3) is 5.24. The number of halogens is 1. The number of nitrogens with zero attached hydrogens (tertiary/aromatic N) is 2. The molecule has 1 spiro atoms. The molecule has 4 aliphatic heterocycles. The molecule has 0 aromatic heterocycles. The second-order valence-electron chi connectivity index (χ2n) is 11.0. The van der Waals surface area contributed by atoms with Crippen molar-refractivity contribution in [3.05, 3.63) is 89.5 Å². The lowest BCUT2D eigenvalue weighted by atomic mass is 9.78. The highest BCUT2D eigenvalue weighted by atomic mass is 35.5. The zero-order valence-electron chi connectivity index (χ0n) is 23.3. The minimum Gasteiger partial charge on any atom is -0.455 e. The van der Waals surface area contributed by atoms with E-state index in [1.54, 1.807) is 60.7 Å². The fraction of sp³-hybridized carbons (Fsp3) is 0.375. The van der Waals surface area contributed by atoms with Crippen LogP contribution < -0.4 is 10.2 Å². The summed E-state index contributed by atoms with van der Waals surface area (Å²) in [6.45, 7) is -0.221. The van der Waals surface area contributed by atoms with Crippen molar-refractivity contribution in [2.45, 2.75) is 36.7 Å². The number of carbonyl (C=O) groups excluding carboxylic acids is 4. The summed E-state index contributed by atoms with van der Waals surface area (Å²) in [4.78, 5) is 57.9. The van der Waals surface area contributed by atoms with Crippen LogP contribution in [-0.2, 0) is 28.7 Å². The van der Waals surface area contributed by atoms with E-state index in [4.69, 9.17) is 21.1 Å². The molecule has 0 saturated carbocycles. The molecular weight excluding hydrogens is 574 g/mol. The maximum Gasteiger partial charge on any atom is 0.313 e. The zero-order chi connectivity index (χ0) is 30.1. The third-order valence-corrected chi connectivity index (χ3v) is 8.78. The predicted molar refractivity (Wildman–Crippen MR) is 157 cm³/mol. The van der Waals surface area contributed by atoms with E-state index >= 15 is 0 Å². The molecule has 2 aromatic carbocycles. The number of anilines is 1. The van der Waals surface area contributed by atoms with Crippen molar-refractivity contribution in [1.29, 1.82) is 0 Å². The first-order chi connectivity index (χ1) is 20.8. The highest BCUT2D eigenvalue weighted by Gasteiger charge is 2.71. The Kier molecular flexibility index (Phi) is 8.09. The molecule has 4 aliphatic rings. The Morgan fingerprint density at radius 2 is 1.77 bits per heavy atom. The molecule has 11 heteroatoms. The first-order valence-electron chi connectivity index (χ1n) is 14.4. The predicted octanol–water partition coefficient (Wildman–Crippen LogP) is 2.57. The number of hydrogen-bond donors (Lipinski definition) is 2. The van der Waals surface area contributed by atoms with Gasteiger partial charge in [0.15, 0.2) is 0 Å². The Labute approximate surface area is 253 Å². The molecule has 43 heavy (non-hydrogen) atoms. The molecule has 10 nitrogen and oxygen atoms in total. The minimum atomic E-state index is -1.49. The van der Waals surface area contributed by atoms with Crippen molar-refractivity contribution < 1.29 is 33.8 Å². The fourth-order valence-electron chi connectivity index (χ4n) is 6.61. The second-order valence-corrected chi connectivity index (χ2v) is 11.5. The summed E-state index contributed by atoms with van der Waals surface area (Å²) in [6.07, 6.45) is 5.86. The lowest BCUT2D eigenvalue weighted by Crippen LogP contribution is -2.55. The second kappa shape index (κ2) is 11.9. The average molecular weight is 606 g/mol. The Morgan fingerprint density at radius 3 is 2.51 bits per heavy atom. The van der Waals surface area contributed by atoms with E-state index in [-0.39, 0.29) is 38.6 Å². The average Bonchev–Trinajstić information content (AvgIpc) is 3.38. The molecule has 2 N–H and O–H groups in total. The van der Waals surface area contributed by atoms with Crippen molar-refractivity contribution in [1.82, 2.24) is 10.2 Å². The van der Waals surface area contributed by atoms with Crippen LogP contribution in [0.2, 0.25) is 5.02 Å². The van der Waals surface area contributed by atoms with Crippen LogP contribution in [-0.4, -0.2) is 77.7 Å². The molecule has 6 atom stereocenters. The molecule has 2 fully saturated rings. The molecular formula is C32H32ClN3O7. The topological polar surface area (TPSA) is 125 Å². The summed E-state index contributed by atoms with van der Waals surface area (Å²) >= 11 is 6.08. The van der Waals surface area contributed by atoms with Gasteiger partial charge in [0.05, 0.1) is 25.2 Å². The number of esters is 1. The number of fused-ring (bicyclic) bond motifs is 2. The Bertz CT molecular complexity index is 1460. The molecule has 0 unspecified atom stereocenters. The number of likely N-dealkylation sites (tertiary alicyclic amines) is 1. The van der Waals surface area contributed by atoms with E-state index < -0.39 is 53.5 Å². The number of allylic oxidation sites excluding steroid dienone is 1. The van der Waals surface area contributed by atoms with Gasteiger partial charge >= 0.3 is 5.97 Å². The van der Waals surface area contributed by atoms with Gasteiger partial charge in [0, 0.05) is 30.2 Å². The molecule has 6 rings (SSSR count). The van der Waals surface area contributed by atoms with Gasteiger partial charge in [-0.25, -0.2) is 0 Å². The van der Waals surface area contributed by atoms with Crippen LogP contribution >= 0.6 is 11.6 Å². The maximum absolute atomic E-state index is 14.3. The number of amides is 3. The molecule has 2 aromatic rings. The normalized spacial score (nSPS) is 31.6. The number of carbonyl (C=O) groups is 4. The van der Waals surface area contributed by atoms with Crippen molar-refractivity contribution in [3.8, 4) is 0 Å². The van der Waals surface area contributed by atoms with E-state index in [9.17, 15) is 24.3 Å². The smallest absolute Gasteiger partial charge is 0.313 e. The van der Waals surface area contributed by atoms with Gasteiger partial charge in [0.1, 0.15) is 23.7 Å². The largest absolute Gasteiger partial charge is 0.455 e. The molecule has 0 aliphatic carbocycles. The van der Waals surface area contributed by atoms with Gasteiger partial charge in [-0.1, -0.05) is 66.2 Å². The van der Waals surface area contributed by atoms with Crippen molar-refractivity contribution in [2.24, 2.45) is 11.8 Å². The highest BCUT2D eigenvalue weighted by Crippen LogP contribution is 2.53. The summed E-state index contributed by atoms with van der Waals surface area (Å²) in [7, 11) is 0. The van der Waals surface area contributed by atoms with Crippen molar-refractivity contribution in [3.63, 3.8) is 0 Å². The number of aliphatic hydroxyl groups excluding tert-OH is 1. The first kappa shape index (κ1) is 29.1. The number of benzene rings is 2. The van der Waals surface area contributed by atoms with Gasteiger partial charge in [-0.3, -0.25) is 19.2 Å². The number of nitrogens with one attached hydrogen (secondary N) is 1. The molecule has 224 valence electrons. The van der Waals surface area contributed by atoms with Crippen LogP contribution in [0.3, 0.4) is 0 Å². The standard InChI is InChI=1S/C32H32ClN3O7/c33-21-11-13-22(14-12-21)35-16-6-15-32-27(29(39)36(17-18-37)28(32)30(35)40)26-23(43-32)9-4-5-10-25(38)34-19-24(42-31(26)41)20-7-2-1-3-8-20/h1-4,6-9,11-15,23-24,26-28,37H,5,10,16-19H2,(H,34,38)/b9-4-/t23-,24+,26+,27+,28-,32+/m1/s1. The van der Waals surface area contributed by atoms with Gasteiger partial charge in [-0.2, -0.15) is 0 Å². The fourth-order valence-corrected chi connectivity index (χ4v) is 6.73. The quantitative estimate of drug-likeness (QED) is 0.405. The Hall–Kier alpha value is -3.99. The van der Waals surface area contributed by atoms with Crippen LogP contribution in [0.4, 0.5) is 5.69 Å². The number of β-amino-alcohol motifs (C(OH)–C–C–N with tert-alkyl or cyclic N) is 1. The summed E-state index contributed by atoms with van der Waals surface area (Å²) in [5.74, 6) is -3.87. The Balaban J connectivity index is 1.41. The molecule has 0 bridgehead atoms. The summed E-state index contributed by atoms with van der Waals surface area (Å²) < 4.78 is 12.7. The van der Waals surface area contributed by atoms with Crippen LogP contribution in [0.15, 0.2) is 78.9 Å². The number of ether oxygens (including phenoxy) is 2. The number of hydrogen-bond acceptors (Lipinski definition) is 7. The zero-order valence-corrected chi connectivity index (χ0v) is 24.1. The van der Waals surface area contributed by atoms with E-state index in [0.717, 1.165) is 0 Å². The van der Waals surface area contributed by atoms with Crippen molar-refractivity contribution in [2.75, 3.05) is 31.1 Å². The van der Waals surface area contributed by atoms with Gasteiger partial charge in [-0.15, -0.1) is 0 Å². The first-order valence-corrected chi connectivity index (χ1v) is 14.7. The maximum atomic E-state index is 14.3. The molecule has 0 radical (unpaired) electrons. The minimum absolute atomic E-state index is 0.0635. The van der Waals surface area contributed by atoms with Crippen LogP contribution in [0.25, 0.3) is 0 Å². The number of cyclic esters (lactones) is 1. The highest BCUT2D eigenvalue weighted by molar-refractivity contribution is 6.30. The van der Waals surface area contributed by atoms with Crippen molar-refractivity contribution >= 4 is 41.0 Å². The molecule has 2 saturated heterocycles. The third-order valence-electron chi connectivity index (χ3n) is 8.52. The Morgan fingerprint density at radius 1 is 1.00 bits per heavy atom. The summed E-state index contributed by atoms with van der Waals surface area (Å²) in [6, 6.07) is 14.7. The molecule has 4 heterocycles. The van der Waals surface area contributed by atoms with Gasteiger partial charge < -0.3 is 29.7 Å². The van der Waals surface area contributed by atoms with Crippen LogP contribution in [0.5, 0.6) is 0 Å². The number of aliphatic hydroxyl groups is 1. The molecule has 3 amide bonds. The lowest BCUT2D eigenvalue weighted by Gasteiger charge is -2.35. The summed E-state index contributed by atoms with van der Waals surface area (Å²) in [5.41, 5.74) is -0.211. The van der Waals surface area contributed by atoms with Crippen LogP contribution in [0.1, 0.15) is 24.5 Å².